The van der Waals surface area contributed by atoms with E-state index in [1.165, 1.54) is 0 Å². The second kappa shape index (κ2) is 8.46. The summed E-state index contributed by atoms with van der Waals surface area (Å²) in [5, 5.41) is 11.3. The van der Waals surface area contributed by atoms with Crippen LogP contribution in [0.2, 0.25) is 0 Å². The van der Waals surface area contributed by atoms with E-state index in [4.69, 9.17) is 4.74 Å². The number of nitrogens with zero attached hydrogens (tertiary/aromatic N) is 5. The molecule has 1 aromatic carbocycles. The fourth-order valence-corrected chi connectivity index (χ4v) is 3.85. The Balaban J connectivity index is 1.32. The lowest BCUT2D eigenvalue weighted by molar-refractivity contribution is -0.125. The fraction of sp³-hybridized carbons (Fsp3) is 0.429. The zero-order valence-corrected chi connectivity index (χ0v) is 16.8. The van der Waals surface area contributed by atoms with Crippen molar-refractivity contribution in [3.63, 3.8) is 0 Å². The summed E-state index contributed by atoms with van der Waals surface area (Å²) in [6, 6.07) is 11.8. The minimum absolute atomic E-state index is 0.0481. The summed E-state index contributed by atoms with van der Waals surface area (Å²) in [7, 11) is 3.58. The molecule has 0 radical (unpaired) electrons. The van der Waals surface area contributed by atoms with Gasteiger partial charge in [0.2, 0.25) is 11.8 Å². The third-order valence-electron chi connectivity index (χ3n) is 5.48. The number of nitrogens with one attached hydrogen (secondary N) is 1. The number of piperidine rings is 1. The SMILES string of the molecule is COc1ccc(N2CCCC(C(=O)NCCc3nc4ccccc4n3C)C2)nn1. The Kier molecular flexibility index (Phi) is 5.59. The first-order valence-corrected chi connectivity index (χ1v) is 9.96. The second-order valence-electron chi connectivity index (χ2n) is 7.34. The highest BCUT2D eigenvalue weighted by Crippen LogP contribution is 2.22. The summed E-state index contributed by atoms with van der Waals surface area (Å²) in [4.78, 5) is 19.5. The van der Waals surface area contributed by atoms with Gasteiger partial charge in [-0.2, -0.15) is 0 Å². The van der Waals surface area contributed by atoms with E-state index in [-0.39, 0.29) is 11.8 Å². The molecule has 1 amide bonds. The summed E-state index contributed by atoms with van der Waals surface area (Å²) in [5.74, 6) is 2.29. The maximum atomic E-state index is 12.7. The van der Waals surface area contributed by atoms with E-state index in [9.17, 15) is 4.79 Å². The number of aryl methyl sites for hydroxylation is 1. The summed E-state index contributed by atoms with van der Waals surface area (Å²) in [6.07, 6.45) is 2.55. The highest BCUT2D eigenvalue weighted by atomic mass is 16.5. The van der Waals surface area contributed by atoms with Crippen LogP contribution < -0.4 is 15.0 Å². The minimum Gasteiger partial charge on any atom is -0.480 e. The highest BCUT2D eigenvalue weighted by molar-refractivity contribution is 5.79. The van der Waals surface area contributed by atoms with Crippen molar-refractivity contribution in [2.75, 3.05) is 31.6 Å². The average Bonchev–Trinajstić information content (AvgIpc) is 3.09. The molecule has 29 heavy (non-hydrogen) atoms. The first kappa shape index (κ1) is 19.2. The number of fused-ring (bicyclic) bond motifs is 1. The molecule has 0 bridgehead atoms. The van der Waals surface area contributed by atoms with Crippen LogP contribution in [0.3, 0.4) is 0 Å². The third-order valence-corrected chi connectivity index (χ3v) is 5.48. The molecule has 0 spiro atoms. The Bertz CT molecular complexity index is 985. The van der Waals surface area contributed by atoms with Gasteiger partial charge < -0.3 is 19.5 Å². The number of amides is 1. The van der Waals surface area contributed by atoms with Crippen LogP contribution in [0.1, 0.15) is 18.7 Å². The van der Waals surface area contributed by atoms with Gasteiger partial charge in [-0.15, -0.1) is 10.2 Å². The van der Waals surface area contributed by atoms with E-state index in [1.807, 2.05) is 31.3 Å². The average molecular weight is 394 g/mol. The van der Waals surface area contributed by atoms with Gasteiger partial charge in [0, 0.05) is 39.2 Å². The van der Waals surface area contributed by atoms with Gasteiger partial charge in [-0.05, 0) is 31.0 Å². The van der Waals surface area contributed by atoms with E-state index < -0.39 is 0 Å². The zero-order valence-electron chi connectivity index (χ0n) is 16.8. The quantitative estimate of drug-likeness (QED) is 0.688. The molecule has 8 heteroatoms. The minimum atomic E-state index is -0.0481. The Labute approximate surface area is 169 Å². The van der Waals surface area contributed by atoms with Crippen LogP contribution in [0.15, 0.2) is 36.4 Å². The Morgan fingerprint density at radius 2 is 2.10 bits per heavy atom. The number of hydrogen-bond donors (Lipinski definition) is 1. The largest absolute Gasteiger partial charge is 0.480 e. The van der Waals surface area contributed by atoms with Crippen molar-refractivity contribution in [1.29, 1.82) is 0 Å². The summed E-state index contributed by atoms with van der Waals surface area (Å²) < 4.78 is 7.15. The summed E-state index contributed by atoms with van der Waals surface area (Å²) >= 11 is 0. The molecular formula is C21H26N6O2. The van der Waals surface area contributed by atoms with E-state index in [0.717, 1.165) is 42.1 Å². The van der Waals surface area contributed by atoms with Crippen LogP contribution >= 0.6 is 0 Å². The van der Waals surface area contributed by atoms with Gasteiger partial charge in [-0.25, -0.2) is 4.98 Å². The number of ether oxygens (including phenoxy) is 1. The van der Waals surface area contributed by atoms with E-state index in [2.05, 4.69) is 36.0 Å². The van der Waals surface area contributed by atoms with Gasteiger partial charge in [-0.1, -0.05) is 12.1 Å². The Morgan fingerprint density at radius 3 is 2.86 bits per heavy atom. The predicted octanol–water partition coefficient (Wildman–Crippen LogP) is 1.95. The van der Waals surface area contributed by atoms with Crippen LogP contribution in [-0.4, -0.2) is 52.4 Å². The number of para-hydroxylation sites is 2. The molecule has 3 aromatic rings. The van der Waals surface area contributed by atoms with Crippen LogP contribution in [0.25, 0.3) is 11.0 Å². The maximum Gasteiger partial charge on any atom is 0.233 e. The van der Waals surface area contributed by atoms with Crippen molar-refractivity contribution in [2.45, 2.75) is 19.3 Å². The molecule has 4 rings (SSSR count). The summed E-state index contributed by atoms with van der Waals surface area (Å²) in [6.45, 7) is 2.11. The van der Waals surface area contributed by atoms with Crippen LogP contribution in [0.4, 0.5) is 5.82 Å². The lowest BCUT2D eigenvalue weighted by atomic mass is 9.97. The molecule has 8 nitrogen and oxygen atoms in total. The fourth-order valence-electron chi connectivity index (χ4n) is 3.85. The van der Waals surface area contributed by atoms with Gasteiger partial charge >= 0.3 is 0 Å². The highest BCUT2D eigenvalue weighted by Gasteiger charge is 2.26. The second-order valence-corrected chi connectivity index (χ2v) is 7.34. The number of carbonyl (C=O) groups excluding carboxylic acids is 1. The number of anilines is 1. The predicted molar refractivity (Wildman–Crippen MR) is 111 cm³/mol. The molecule has 1 saturated heterocycles. The summed E-state index contributed by atoms with van der Waals surface area (Å²) in [5.41, 5.74) is 2.09. The number of benzene rings is 1. The van der Waals surface area contributed by atoms with Crippen molar-refractivity contribution < 1.29 is 9.53 Å². The van der Waals surface area contributed by atoms with E-state index in [0.29, 0.717) is 25.4 Å². The molecule has 0 aliphatic carbocycles. The van der Waals surface area contributed by atoms with Crippen LogP contribution in [0, 0.1) is 5.92 Å². The molecular weight excluding hydrogens is 368 g/mol. The van der Waals surface area contributed by atoms with E-state index >= 15 is 0 Å². The number of hydrogen-bond acceptors (Lipinski definition) is 6. The first-order chi connectivity index (χ1) is 14.2. The Hall–Kier alpha value is -3.16. The van der Waals surface area contributed by atoms with Crippen molar-refractivity contribution in [3.8, 4) is 5.88 Å². The number of methoxy groups -OCH3 is 1. The third kappa shape index (κ3) is 4.16. The van der Waals surface area contributed by atoms with Crippen molar-refractivity contribution in [2.24, 2.45) is 13.0 Å². The molecule has 2 aromatic heterocycles. The number of aromatic nitrogens is 4. The van der Waals surface area contributed by atoms with Crippen molar-refractivity contribution in [3.05, 3.63) is 42.2 Å². The lowest BCUT2D eigenvalue weighted by Crippen LogP contribution is -2.44. The maximum absolute atomic E-state index is 12.7. The molecule has 1 aliphatic rings. The van der Waals surface area contributed by atoms with Crippen LogP contribution in [0.5, 0.6) is 5.88 Å². The van der Waals surface area contributed by atoms with Crippen LogP contribution in [-0.2, 0) is 18.3 Å². The molecule has 1 fully saturated rings. The molecule has 152 valence electrons. The Morgan fingerprint density at radius 1 is 1.24 bits per heavy atom. The molecule has 1 unspecified atom stereocenters. The van der Waals surface area contributed by atoms with Gasteiger partial charge in [0.05, 0.1) is 24.1 Å². The number of imidazole rings is 1. The van der Waals surface area contributed by atoms with E-state index in [1.54, 1.807) is 13.2 Å². The van der Waals surface area contributed by atoms with Gasteiger partial charge in [0.25, 0.3) is 0 Å². The molecule has 1 N–H and O–H groups in total. The standard InChI is InChI=1S/C21H26N6O2/c1-26-17-8-4-3-7-16(17)23-18(26)11-12-22-21(28)15-6-5-13-27(14-15)19-9-10-20(29-2)25-24-19/h3-4,7-10,15H,5-6,11-14H2,1-2H3,(H,22,28). The molecule has 3 heterocycles. The number of rotatable bonds is 6. The van der Waals surface area contributed by atoms with Gasteiger partial charge in [-0.3, -0.25) is 4.79 Å². The molecule has 0 saturated carbocycles. The molecule has 1 atom stereocenters. The smallest absolute Gasteiger partial charge is 0.233 e. The topological polar surface area (TPSA) is 85.2 Å². The monoisotopic (exact) mass is 394 g/mol. The molecule has 1 aliphatic heterocycles. The normalized spacial score (nSPS) is 16.8. The zero-order chi connectivity index (χ0) is 20.2. The first-order valence-electron chi connectivity index (χ1n) is 9.96. The number of carbonyl (C=O) groups is 1. The lowest BCUT2D eigenvalue weighted by Gasteiger charge is -2.32. The van der Waals surface area contributed by atoms with Crippen molar-refractivity contribution in [1.82, 2.24) is 25.1 Å². The van der Waals surface area contributed by atoms with Gasteiger partial charge in [0.15, 0.2) is 5.82 Å². The van der Waals surface area contributed by atoms with Crippen molar-refractivity contribution >= 4 is 22.8 Å². The van der Waals surface area contributed by atoms with Gasteiger partial charge in [0.1, 0.15) is 5.82 Å².